The molecule has 0 saturated heterocycles. The molecular formula is C45H26N4O3. The molecule has 0 aliphatic rings. The number of hydrogen-bond acceptors (Lipinski definition) is 7. The summed E-state index contributed by atoms with van der Waals surface area (Å²) >= 11 is 0. The maximum atomic E-state index is 6.38. The number of hydrogen-bond donors (Lipinski definition) is 0. The number of anilines is 3. The van der Waals surface area contributed by atoms with E-state index in [1.807, 2.05) is 109 Å². The van der Waals surface area contributed by atoms with Crippen LogP contribution in [0.1, 0.15) is 0 Å². The lowest BCUT2D eigenvalue weighted by molar-refractivity contribution is 0.668. The lowest BCUT2D eigenvalue weighted by atomic mass is 10.1. The summed E-state index contributed by atoms with van der Waals surface area (Å²) in [6.07, 6.45) is 0. The first-order chi connectivity index (χ1) is 25.7. The average molecular weight is 671 g/mol. The second-order valence-corrected chi connectivity index (χ2v) is 12.9. The summed E-state index contributed by atoms with van der Waals surface area (Å²) in [7, 11) is 0. The summed E-state index contributed by atoms with van der Waals surface area (Å²) in [5.41, 5.74) is 8.33. The minimum Gasteiger partial charge on any atom is -0.456 e. The molecule has 0 saturated carbocycles. The number of aromatic nitrogens is 3. The number of benzene rings is 7. The van der Waals surface area contributed by atoms with Crippen molar-refractivity contribution in [2.75, 3.05) is 4.90 Å². The maximum absolute atomic E-state index is 6.38. The number of para-hydroxylation sites is 3. The molecule has 0 spiro atoms. The molecule has 0 aliphatic heterocycles. The topological polar surface area (TPSA) is 81.3 Å². The van der Waals surface area contributed by atoms with Crippen LogP contribution in [0.25, 0.3) is 88.6 Å². The smallest absolute Gasteiger partial charge is 0.238 e. The van der Waals surface area contributed by atoms with Gasteiger partial charge >= 0.3 is 0 Å². The monoisotopic (exact) mass is 670 g/mol. The van der Waals surface area contributed by atoms with Gasteiger partial charge in [-0.15, -0.1) is 0 Å². The number of furan rings is 3. The van der Waals surface area contributed by atoms with E-state index in [1.165, 1.54) is 0 Å². The molecule has 11 rings (SSSR count). The first kappa shape index (κ1) is 28.6. The van der Waals surface area contributed by atoms with Crippen LogP contribution in [0.2, 0.25) is 0 Å². The van der Waals surface area contributed by atoms with Crippen LogP contribution in [0.5, 0.6) is 0 Å². The van der Waals surface area contributed by atoms with E-state index in [4.69, 9.17) is 28.2 Å². The molecule has 11 aromatic rings. The van der Waals surface area contributed by atoms with Crippen LogP contribution in [0.4, 0.5) is 17.3 Å². The van der Waals surface area contributed by atoms with Gasteiger partial charge in [0.25, 0.3) is 0 Å². The third kappa shape index (κ3) is 4.50. The Kier molecular flexibility index (Phi) is 6.12. The molecule has 0 bridgehead atoms. The van der Waals surface area contributed by atoms with E-state index in [-0.39, 0.29) is 0 Å². The lowest BCUT2D eigenvalue weighted by Crippen LogP contribution is -2.15. The predicted molar refractivity (Wildman–Crippen MR) is 207 cm³/mol. The Morgan fingerprint density at radius 1 is 0.327 bits per heavy atom. The van der Waals surface area contributed by atoms with Crippen molar-refractivity contribution >= 4 is 83.1 Å². The standard InChI is InChI=1S/C45H26N4O3/c1-2-10-27(11-3-1)43-46-44(28-18-22-40-35(24-28)32-13-5-8-16-38(32)50-40)48-45(47-43)49(29-20-23-41-36(25-29)33-14-6-9-17-39(33)51-41)30-19-21-34-31-12-4-7-15-37(31)52-42(34)26-30/h1-26H. The molecule has 0 radical (unpaired) electrons. The number of nitrogens with zero attached hydrogens (tertiary/aromatic N) is 4. The van der Waals surface area contributed by atoms with Crippen LogP contribution in [0, 0.1) is 0 Å². The third-order valence-corrected chi connectivity index (χ3v) is 9.73. The van der Waals surface area contributed by atoms with Gasteiger partial charge in [0.15, 0.2) is 11.6 Å². The highest BCUT2D eigenvalue weighted by atomic mass is 16.3. The summed E-state index contributed by atoms with van der Waals surface area (Å²) in [6, 6.07) is 52.8. The van der Waals surface area contributed by atoms with E-state index in [9.17, 15) is 0 Å². The Bertz CT molecular complexity index is 3160. The Labute approximate surface area is 296 Å². The SMILES string of the molecule is c1ccc(-c2nc(-c3ccc4oc5ccccc5c4c3)nc(N(c3ccc4c(c3)oc3ccccc34)c3ccc4oc5ccccc5c4c3)n2)cc1. The number of rotatable bonds is 5. The van der Waals surface area contributed by atoms with Gasteiger partial charge in [-0.3, -0.25) is 4.90 Å². The van der Waals surface area contributed by atoms with Crippen molar-refractivity contribution < 1.29 is 13.3 Å². The first-order valence-electron chi connectivity index (χ1n) is 17.1. The largest absolute Gasteiger partial charge is 0.456 e. The molecule has 52 heavy (non-hydrogen) atoms. The van der Waals surface area contributed by atoms with Gasteiger partial charge in [0.05, 0.1) is 5.69 Å². The Morgan fingerprint density at radius 2 is 0.808 bits per heavy atom. The van der Waals surface area contributed by atoms with Crippen molar-refractivity contribution in [2.45, 2.75) is 0 Å². The van der Waals surface area contributed by atoms with E-state index in [0.29, 0.717) is 17.6 Å². The van der Waals surface area contributed by atoms with E-state index in [1.54, 1.807) is 0 Å². The maximum Gasteiger partial charge on any atom is 0.238 e. The van der Waals surface area contributed by atoms with Crippen molar-refractivity contribution in [3.8, 4) is 22.8 Å². The summed E-state index contributed by atoms with van der Waals surface area (Å²) in [6.45, 7) is 0. The Hall–Kier alpha value is -7.25. The van der Waals surface area contributed by atoms with E-state index < -0.39 is 0 Å². The quantitative estimate of drug-likeness (QED) is 0.180. The molecule has 244 valence electrons. The minimum absolute atomic E-state index is 0.462. The lowest BCUT2D eigenvalue weighted by Gasteiger charge is -2.24. The van der Waals surface area contributed by atoms with Gasteiger partial charge in [-0.05, 0) is 66.7 Å². The molecule has 0 atom stereocenters. The predicted octanol–water partition coefficient (Wildman–Crippen LogP) is 12.4. The van der Waals surface area contributed by atoms with Crippen molar-refractivity contribution in [3.63, 3.8) is 0 Å². The molecule has 0 aliphatic carbocycles. The molecule has 0 N–H and O–H groups in total. The highest BCUT2D eigenvalue weighted by molar-refractivity contribution is 6.08. The average Bonchev–Trinajstić information content (AvgIpc) is 3.89. The molecule has 4 aromatic heterocycles. The fourth-order valence-electron chi connectivity index (χ4n) is 7.26. The Balaban J connectivity index is 1.17. The van der Waals surface area contributed by atoms with E-state index in [0.717, 1.165) is 88.3 Å². The highest BCUT2D eigenvalue weighted by Gasteiger charge is 2.22. The molecule has 4 heterocycles. The van der Waals surface area contributed by atoms with Crippen LogP contribution in [0.15, 0.2) is 171 Å². The summed E-state index contributed by atoms with van der Waals surface area (Å²) in [5.74, 6) is 1.56. The number of fused-ring (bicyclic) bond motifs is 9. The summed E-state index contributed by atoms with van der Waals surface area (Å²) < 4.78 is 18.8. The molecule has 0 fully saturated rings. The molecule has 7 nitrogen and oxygen atoms in total. The van der Waals surface area contributed by atoms with Crippen molar-refractivity contribution in [1.82, 2.24) is 15.0 Å². The molecular weight excluding hydrogens is 645 g/mol. The first-order valence-corrected chi connectivity index (χ1v) is 17.1. The van der Waals surface area contributed by atoms with Crippen LogP contribution >= 0.6 is 0 Å². The van der Waals surface area contributed by atoms with Crippen LogP contribution in [0.3, 0.4) is 0 Å². The van der Waals surface area contributed by atoms with Crippen LogP contribution in [-0.4, -0.2) is 15.0 Å². The Morgan fingerprint density at radius 3 is 1.50 bits per heavy atom. The van der Waals surface area contributed by atoms with Crippen molar-refractivity contribution in [3.05, 3.63) is 158 Å². The summed E-state index contributed by atoms with van der Waals surface area (Å²) in [4.78, 5) is 17.5. The molecule has 7 aromatic carbocycles. The normalized spacial score (nSPS) is 11.8. The highest BCUT2D eigenvalue weighted by Crippen LogP contribution is 2.41. The van der Waals surface area contributed by atoms with Crippen molar-refractivity contribution in [2.24, 2.45) is 0 Å². The van der Waals surface area contributed by atoms with Crippen molar-refractivity contribution in [1.29, 1.82) is 0 Å². The van der Waals surface area contributed by atoms with Crippen LogP contribution in [-0.2, 0) is 0 Å². The molecule has 0 unspecified atom stereocenters. The molecule has 7 heteroatoms. The fraction of sp³-hybridized carbons (Fsp3) is 0. The zero-order valence-corrected chi connectivity index (χ0v) is 27.5. The fourth-order valence-corrected chi connectivity index (χ4v) is 7.26. The van der Waals surface area contributed by atoms with Gasteiger partial charge in [-0.1, -0.05) is 84.9 Å². The van der Waals surface area contributed by atoms with Gasteiger partial charge in [-0.25, -0.2) is 4.98 Å². The summed E-state index contributed by atoms with van der Waals surface area (Å²) in [5, 5.41) is 6.18. The zero-order chi connectivity index (χ0) is 34.2. The van der Waals surface area contributed by atoms with E-state index in [2.05, 4.69) is 53.4 Å². The zero-order valence-electron chi connectivity index (χ0n) is 27.5. The molecule has 0 amide bonds. The van der Waals surface area contributed by atoms with Gasteiger partial charge in [0.2, 0.25) is 5.95 Å². The van der Waals surface area contributed by atoms with Gasteiger partial charge in [-0.2, -0.15) is 9.97 Å². The van der Waals surface area contributed by atoms with Gasteiger partial charge in [0, 0.05) is 55.2 Å². The van der Waals surface area contributed by atoms with Gasteiger partial charge in [0.1, 0.15) is 33.5 Å². The second kappa shape index (κ2) is 11.1. The third-order valence-electron chi connectivity index (χ3n) is 9.73. The second-order valence-electron chi connectivity index (χ2n) is 12.9. The minimum atomic E-state index is 0.462. The van der Waals surface area contributed by atoms with Gasteiger partial charge < -0.3 is 13.3 Å². The van der Waals surface area contributed by atoms with Crippen LogP contribution < -0.4 is 4.90 Å². The van der Waals surface area contributed by atoms with E-state index >= 15 is 0 Å².